The average molecular weight is 395 g/mol. The van der Waals surface area contributed by atoms with Gasteiger partial charge in [-0.3, -0.25) is 4.98 Å². The second-order valence-electron chi connectivity index (χ2n) is 7.93. The monoisotopic (exact) mass is 394 g/mol. The van der Waals surface area contributed by atoms with Gasteiger partial charge in [0.1, 0.15) is 0 Å². The van der Waals surface area contributed by atoms with Gasteiger partial charge in [0, 0.05) is 42.5 Å². The maximum Gasteiger partial charge on any atom is 0.163 e. The summed E-state index contributed by atoms with van der Waals surface area (Å²) in [6.45, 7) is 6.50. The third-order valence-corrected chi connectivity index (χ3v) is 5.98. The maximum absolute atomic E-state index is 9.03. The van der Waals surface area contributed by atoms with E-state index in [9.17, 15) is 0 Å². The second kappa shape index (κ2) is 8.87. The van der Waals surface area contributed by atoms with Crippen molar-refractivity contribution < 1.29 is 9.47 Å². The van der Waals surface area contributed by atoms with Crippen LogP contribution in [0.15, 0.2) is 12.1 Å². The van der Waals surface area contributed by atoms with Crippen LogP contribution < -0.4 is 14.8 Å². The zero-order valence-electron chi connectivity index (χ0n) is 17.5. The topological polar surface area (TPSA) is 70.4 Å². The number of likely N-dealkylation sites (tertiary alicyclic amines) is 1. The maximum atomic E-state index is 9.03. The number of hydrogen-bond donors (Lipinski definition) is 1. The summed E-state index contributed by atoms with van der Waals surface area (Å²) < 4.78 is 11.7. The number of nitrogens with zero attached hydrogens (tertiary/aromatic N) is 3. The molecule has 1 atom stereocenters. The van der Waals surface area contributed by atoms with Crippen LogP contribution in [0.3, 0.4) is 0 Å². The normalized spacial score (nSPS) is 18.6. The first-order chi connectivity index (χ1) is 14.2. The van der Waals surface area contributed by atoms with E-state index in [4.69, 9.17) is 19.7 Å². The molecule has 1 N–H and O–H groups in total. The Hall–Kier alpha value is -2.52. The first kappa shape index (κ1) is 19.8. The molecule has 154 valence electrons. The van der Waals surface area contributed by atoms with Crippen molar-refractivity contribution in [2.24, 2.45) is 5.92 Å². The number of hydrogen-bond acceptors (Lipinski definition) is 6. The summed E-state index contributed by atoms with van der Waals surface area (Å²) in [4.78, 5) is 7.28. The number of benzene rings is 1. The number of aryl methyl sites for hydroxylation is 1. The quantitative estimate of drug-likeness (QED) is 0.687. The van der Waals surface area contributed by atoms with Crippen molar-refractivity contribution in [2.75, 3.05) is 45.2 Å². The lowest BCUT2D eigenvalue weighted by Crippen LogP contribution is -2.23. The van der Waals surface area contributed by atoms with Crippen LogP contribution in [0.25, 0.3) is 10.9 Å². The average Bonchev–Trinajstić information content (AvgIpc) is 3.39. The molecule has 2 heterocycles. The van der Waals surface area contributed by atoms with Gasteiger partial charge in [-0.1, -0.05) is 0 Å². The first-order valence-electron chi connectivity index (χ1n) is 10.8. The van der Waals surface area contributed by atoms with Gasteiger partial charge in [-0.05, 0) is 57.2 Å². The molecule has 29 heavy (non-hydrogen) atoms. The fourth-order valence-corrected chi connectivity index (χ4v) is 4.53. The summed E-state index contributed by atoms with van der Waals surface area (Å²) in [7, 11) is 1.69. The van der Waals surface area contributed by atoms with Gasteiger partial charge in [0.05, 0.1) is 31.2 Å². The molecule has 1 aliphatic carbocycles. The van der Waals surface area contributed by atoms with Crippen LogP contribution in [-0.2, 0) is 12.8 Å². The van der Waals surface area contributed by atoms with Crippen LogP contribution in [-0.4, -0.2) is 49.8 Å². The van der Waals surface area contributed by atoms with Gasteiger partial charge < -0.3 is 19.7 Å². The second-order valence-corrected chi connectivity index (χ2v) is 7.93. The summed E-state index contributed by atoms with van der Waals surface area (Å²) >= 11 is 0. The molecule has 1 aliphatic heterocycles. The standard InChI is InChI=1S/C23H30N4O2/c1-3-25-23-17-6-4-7-19(17)26-20-13-22(21(28-2)12-18(20)23)29-11-5-9-27-10-8-16(14-24)15-27/h12-13,16H,3-11,15H2,1-2H3,(H,25,26). The number of anilines is 1. The molecular weight excluding hydrogens is 364 g/mol. The molecule has 0 spiro atoms. The summed E-state index contributed by atoms with van der Waals surface area (Å²) in [5.74, 6) is 1.70. The summed E-state index contributed by atoms with van der Waals surface area (Å²) in [6.07, 6.45) is 5.22. The van der Waals surface area contributed by atoms with Gasteiger partial charge in [-0.15, -0.1) is 0 Å². The molecule has 0 amide bonds. The Morgan fingerprint density at radius 2 is 2.21 bits per heavy atom. The van der Waals surface area contributed by atoms with Crippen molar-refractivity contribution in [1.82, 2.24) is 9.88 Å². The van der Waals surface area contributed by atoms with E-state index in [1.807, 2.05) is 6.07 Å². The lowest BCUT2D eigenvalue weighted by molar-refractivity contribution is 0.253. The molecular formula is C23H30N4O2. The molecule has 6 nitrogen and oxygen atoms in total. The molecule has 0 saturated carbocycles. The molecule has 1 aromatic carbocycles. The molecule has 1 fully saturated rings. The third kappa shape index (κ3) is 4.11. The number of rotatable bonds is 8. The van der Waals surface area contributed by atoms with E-state index < -0.39 is 0 Å². The molecule has 2 aliphatic rings. The SMILES string of the molecule is CCNc1c2c(nc3cc(OCCCN4CCC(C#N)C4)c(OC)cc13)CCC2. The molecule has 6 heteroatoms. The van der Waals surface area contributed by atoms with Crippen molar-refractivity contribution in [3.63, 3.8) is 0 Å². The molecule has 0 radical (unpaired) electrons. The van der Waals surface area contributed by atoms with Gasteiger partial charge in [0.2, 0.25) is 0 Å². The van der Waals surface area contributed by atoms with Crippen molar-refractivity contribution in [2.45, 2.75) is 39.0 Å². The Morgan fingerprint density at radius 3 is 2.97 bits per heavy atom. The third-order valence-electron chi connectivity index (χ3n) is 5.98. The number of nitrogens with one attached hydrogen (secondary N) is 1. The highest BCUT2D eigenvalue weighted by molar-refractivity contribution is 5.96. The predicted molar refractivity (Wildman–Crippen MR) is 115 cm³/mol. The Bertz CT molecular complexity index is 921. The van der Waals surface area contributed by atoms with E-state index in [1.165, 1.54) is 23.4 Å². The number of fused-ring (bicyclic) bond motifs is 2. The van der Waals surface area contributed by atoms with Crippen LogP contribution in [0.1, 0.15) is 37.4 Å². The van der Waals surface area contributed by atoms with E-state index in [0.717, 1.165) is 74.3 Å². The van der Waals surface area contributed by atoms with E-state index >= 15 is 0 Å². The minimum absolute atomic E-state index is 0.190. The minimum atomic E-state index is 0.190. The number of ether oxygens (including phenoxy) is 2. The smallest absolute Gasteiger partial charge is 0.163 e. The van der Waals surface area contributed by atoms with Crippen molar-refractivity contribution >= 4 is 16.6 Å². The van der Waals surface area contributed by atoms with Gasteiger partial charge >= 0.3 is 0 Å². The van der Waals surface area contributed by atoms with Gasteiger partial charge in [-0.25, -0.2) is 0 Å². The highest BCUT2D eigenvalue weighted by Gasteiger charge is 2.22. The van der Waals surface area contributed by atoms with E-state index in [-0.39, 0.29) is 5.92 Å². The molecule has 1 unspecified atom stereocenters. The number of pyridine rings is 1. The number of methoxy groups -OCH3 is 1. The largest absolute Gasteiger partial charge is 0.493 e. The Kier molecular flexibility index (Phi) is 6.05. The number of nitriles is 1. The van der Waals surface area contributed by atoms with Crippen LogP contribution >= 0.6 is 0 Å². The number of aromatic nitrogens is 1. The van der Waals surface area contributed by atoms with Crippen molar-refractivity contribution in [1.29, 1.82) is 5.26 Å². The Labute approximate surface area is 172 Å². The zero-order chi connectivity index (χ0) is 20.2. The van der Waals surface area contributed by atoms with E-state index in [0.29, 0.717) is 6.61 Å². The molecule has 1 aromatic heterocycles. The first-order valence-corrected chi connectivity index (χ1v) is 10.8. The summed E-state index contributed by atoms with van der Waals surface area (Å²) in [6, 6.07) is 6.46. The summed E-state index contributed by atoms with van der Waals surface area (Å²) in [5, 5.41) is 13.7. The van der Waals surface area contributed by atoms with Gasteiger partial charge in [0.15, 0.2) is 11.5 Å². The highest BCUT2D eigenvalue weighted by Crippen LogP contribution is 2.39. The molecule has 2 aromatic rings. The molecule has 4 rings (SSSR count). The van der Waals surface area contributed by atoms with Gasteiger partial charge in [-0.2, -0.15) is 5.26 Å². The van der Waals surface area contributed by atoms with Crippen LogP contribution in [0.4, 0.5) is 5.69 Å². The van der Waals surface area contributed by atoms with Gasteiger partial charge in [0.25, 0.3) is 0 Å². The zero-order valence-corrected chi connectivity index (χ0v) is 17.5. The fourth-order valence-electron chi connectivity index (χ4n) is 4.53. The minimum Gasteiger partial charge on any atom is -0.493 e. The predicted octanol–water partition coefficient (Wildman–Crippen LogP) is 3.78. The van der Waals surface area contributed by atoms with E-state index in [1.54, 1.807) is 7.11 Å². The van der Waals surface area contributed by atoms with Crippen LogP contribution in [0.5, 0.6) is 11.5 Å². The van der Waals surface area contributed by atoms with Crippen LogP contribution in [0, 0.1) is 17.2 Å². The Balaban J connectivity index is 1.49. The Morgan fingerprint density at radius 1 is 1.31 bits per heavy atom. The van der Waals surface area contributed by atoms with E-state index in [2.05, 4.69) is 29.3 Å². The lowest BCUT2D eigenvalue weighted by atomic mass is 10.1. The molecule has 0 bridgehead atoms. The van der Waals surface area contributed by atoms with Crippen LogP contribution in [0.2, 0.25) is 0 Å². The van der Waals surface area contributed by atoms with Crippen molar-refractivity contribution in [3.8, 4) is 17.6 Å². The molecule has 1 saturated heterocycles. The highest BCUT2D eigenvalue weighted by atomic mass is 16.5. The van der Waals surface area contributed by atoms with Crippen molar-refractivity contribution in [3.05, 3.63) is 23.4 Å². The summed E-state index contributed by atoms with van der Waals surface area (Å²) in [5.41, 5.74) is 4.74. The lowest BCUT2D eigenvalue weighted by Gasteiger charge is -2.18. The fraction of sp³-hybridized carbons (Fsp3) is 0.565.